The quantitative estimate of drug-likeness (QED) is 0.124. The maximum absolute atomic E-state index is 13.5. The highest BCUT2D eigenvalue weighted by Crippen LogP contribution is 2.44. The van der Waals surface area contributed by atoms with Crippen LogP contribution in [0.2, 0.25) is 0 Å². The molecule has 0 saturated carbocycles. The van der Waals surface area contributed by atoms with Gasteiger partial charge in [0.2, 0.25) is 6.41 Å². The van der Waals surface area contributed by atoms with Crippen molar-refractivity contribution >= 4 is 37.1 Å². The van der Waals surface area contributed by atoms with Gasteiger partial charge in [-0.05, 0) is 39.3 Å². The fourth-order valence-electron chi connectivity index (χ4n) is 3.03. The van der Waals surface area contributed by atoms with Crippen LogP contribution < -0.4 is 10.4 Å². The standard InChI is InChI=1S/C25H36N3O8PS/c1-19(2)15-28(24(32)26-18-30)22-11-10-21(36-22)16-35-37(33,27-14-20-8-6-5-7-9-20)34-12-13-38-23(31)25(3,4)17-29/h5-11,15,18,21-22,29H,12-14,16-17H2,1-4H3,(H,27,33)(H,26,30,32)/t21-,22?,37?/m0/s1. The van der Waals surface area contributed by atoms with Crippen LogP contribution in [-0.4, -0.2) is 65.5 Å². The van der Waals surface area contributed by atoms with Gasteiger partial charge in [0, 0.05) is 18.5 Å². The van der Waals surface area contributed by atoms with E-state index in [1.54, 1.807) is 46.0 Å². The Labute approximate surface area is 227 Å². The van der Waals surface area contributed by atoms with Crippen molar-refractivity contribution in [1.29, 1.82) is 0 Å². The van der Waals surface area contributed by atoms with E-state index in [-0.39, 0.29) is 43.6 Å². The fourth-order valence-corrected chi connectivity index (χ4v) is 5.27. The van der Waals surface area contributed by atoms with Crippen LogP contribution >= 0.6 is 19.5 Å². The predicted molar refractivity (Wildman–Crippen MR) is 145 cm³/mol. The van der Waals surface area contributed by atoms with E-state index in [0.717, 1.165) is 22.9 Å². The van der Waals surface area contributed by atoms with Gasteiger partial charge in [0.25, 0.3) is 0 Å². The molecule has 38 heavy (non-hydrogen) atoms. The lowest BCUT2D eigenvalue weighted by molar-refractivity contribution is -0.119. The monoisotopic (exact) mass is 569 g/mol. The maximum Gasteiger partial charge on any atom is 0.405 e. The zero-order valence-corrected chi connectivity index (χ0v) is 23.7. The van der Waals surface area contributed by atoms with Gasteiger partial charge in [-0.25, -0.2) is 14.4 Å². The molecule has 2 unspecified atom stereocenters. The van der Waals surface area contributed by atoms with Gasteiger partial charge >= 0.3 is 13.8 Å². The lowest BCUT2D eigenvalue weighted by Crippen LogP contribution is -2.42. The molecule has 0 spiro atoms. The van der Waals surface area contributed by atoms with Crippen LogP contribution in [0.1, 0.15) is 33.3 Å². The molecule has 1 aromatic carbocycles. The van der Waals surface area contributed by atoms with Gasteiger partial charge in [0.15, 0.2) is 11.3 Å². The molecule has 0 aliphatic carbocycles. The number of aliphatic hydroxyl groups excluding tert-OH is 1. The Bertz CT molecular complexity index is 1050. The third-order valence-electron chi connectivity index (χ3n) is 5.15. The predicted octanol–water partition coefficient (Wildman–Crippen LogP) is 3.57. The van der Waals surface area contributed by atoms with Crippen LogP contribution in [0, 0.1) is 5.41 Å². The van der Waals surface area contributed by atoms with Crippen LogP contribution in [0.15, 0.2) is 54.3 Å². The summed E-state index contributed by atoms with van der Waals surface area (Å²) in [5, 5.41) is 14.1. The second-order valence-corrected chi connectivity index (χ2v) is 12.2. The summed E-state index contributed by atoms with van der Waals surface area (Å²) in [6.07, 6.45) is 3.69. The Morgan fingerprint density at radius 1 is 1.21 bits per heavy atom. The third kappa shape index (κ3) is 10.5. The molecule has 1 aliphatic heterocycles. The molecule has 3 atom stereocenters. The largest absolute Gasteiger partial charge is 0.405 e. The van der Waals surface area contributed by atoms with Crippen LogP contribution in [0.3, 0.4) is 0 Å². The minimum absolute atomic E-state index is 0.0405. The van der Waals surface area contributed by atoms with Gasteiger partial charge in [0.05, 0.1) is 25.2 Å². The average Bonchev–Trinajstić information content (AvgIpc) is 3.37. The number of nitrogens with one attached hydrogen (secondary N) is 2. The van der Waals surface area contributed by atoms with E-state index < -0.39 is 31.5 Å². The molecular formula is C25H36N3O8PS. The molecule has 1 heterocycles. The maximum atomic E-state index is 13.5. The third-order valence-corrected chi connectivity index (χ3v) is 7.89. The number of allylic oxidation sites excluding steroid dienone is 1. The summed E-state index contributed by atoms with van der Waals surface area (Å²) in [6.45, 7) is 6.62. The Morgan fingerprint density at radius 2 is 1.92 bits per heavy atom. The normalized spacial score (nSPS) is 18.4. The molecule has 1 aromatic rings. The second kappa shape index (κ2) is 15.3. The molecule has 13 heteroatoms. The van der Waals surface area contributed by atoms with Crippen molar-refractivity contribution in [3.8, 4) is 0 Å². The Morgan fingerprint density at radius 3 is 2.55 bits per heavy atom. The molecule has 0 aromatic heterocycles. The summed E-state index contributed by atoms with van der Waals surface area (Å²) in [5.74, 6) is 0.216. The van der Waals surface area contributed by atoms with E-state index in [4.69, 9.17) is 13.8 Å². The minimum Gasteiger partial charge on any atom is -0.395 e. The first-order valence-corrected chi connectivity index (χ1v) is 14.5. The number of hydrogen-bond donors (Lipinski definition) is 3. The lowest BCUT2D eigenvalue weighted by Gasteiger charge is -2.26. The molecule has 2 rings (SSSR count). The van der Waals surface area contributed by atoms with Gasteiger partial charge in [-0.1, -0.05) is 53.7 Å². The number of urea groups is 1. The number of carbonyl (C=O) groups is 3. The number of thioether (sulfide) groups is 1. The molecule has 0 radical (unpaired) electrons. The van der Waals surface area contributed by atoms with Crippen LogP contribution in [0.25, 0.3) is 0 Å². The number of carbonyl (C=O) groups excluding carboxylic acids is 3. The van der Waals surface area contributed by atoms with Crippen molar-refractivity contribution < 1.29 is 37.8 Å². The summed E-state index contributed by atoms with van der Waals surface area (Å²) in [4.78, 5) is 36.4. The van der Waals surface area contributed by atoms with Crippen LogP contribution in [-0.2, 0) is 34.5 Å². The lowest BCUT2D eigenvalue weighted by atomic mass is 9.97. The van der Waals surface area contributed by atoms with E-state index in [2.05, 4.69) is 10.4 Å². The highest BCUT2D eigenvalue weighted by atomic mass is 32.2. The number of aliphatic hydroxyl groups is 1. The summed E-state index contributed by atoms with van der Waals surface area (Å²) < 4.78 is 30.6. The van der Waals surface area contributed by atoms with Crippen molar-refractivity contribution in [2.45, 2.75) is 46.6 Å². The summed E-state index contributed by atoms with van der Waals surface area (Å²) in [5.41, 5.74) is 0.787. The van der Waals surface area contributed by atoms with Crippen LogP contribution in [0.4, 0.5) is 4.79 Å². The summed E-state index contributed by atoms with van der Waals surface area (Å²) in [6, 6.07) is 8.63. The first-order chi connectivity index (χ1) is 18.0. The number of nitrogens with zero attached hydrogens (tertiary/aromatic N) is 1. The molecule has 3 N–H and O–H groups in total. The fraction of sp³-hybridized carbons (Fsp3) is 0.480. The van der Waals surface area contributed by atoms with Gasteiger partial charge in [0.1, 0.15) is 6.10 Å². The van der Waals surface area contributed by atoms with Gasteiger partial charge in [-0.3, -0.25) is 28.9 Å². The van der Waals surface area contributed by atoms with E-state index >= 15 is 0 Å². The molecule has 3 amide bonds. The van der Waals surface area contributed by atoms with E-state index in [9.17, 15) is 24.1 Å². The second-order valence-electron chi connectivity index (χ2n) is 9.26. The molecule has 0 saturated heterocycles. The Kier molecular flexibility index (Phi) is 12.9. The number of ether oxygens (including phenoxy) is 1. The summed E-state index contributed by atoms with van der Waals surface area (Å²) >= 11 is 0.984. The van der Waals surface area contributed by atoms with Crippen molar-refractivity contribution in [2.24, 2.45) is 5.41 Å². The zero-order valence-electron chi connectivity index (χ0n) is 22.0. The molecule has 11 nitrogen and oxygen atoms in total. The van der Waals surface area contributed by atoms with E-state index in [1.807, 2.05) is 30.3 Å². The van der Waals surface area contributed by atoms with E-state index in [0.29, 0.717) is 0 Å². The number of rotatable bonds is 15. The van der Waals surface area contributed by atoms with Crippen molar-refractivity contribution in [1.82, 2.24) is 15.3 Å². The zero-order chi connectivity index (χ0) is 28.2. The highest BCUT2D eigenvalue weighted by Gasteiger charge is 2.32. The SMILES string of the molecule is CC(C)=CN(C(=O)NC=O)C1C=C[C@@H](COP(=O)(NCc2ccccc2)OCCSC(=O)C(C)(C)CO)O1. The Balaban J connectivity index is 2.00. The molecule has 0 bridgehead atoms. The highest BCUT2D eigenvalue weighted by molar-refractivity contribution is 8.13. The van der Waals surface area contributed by atoms with Gasteiger partial charge in [-0.2, -0.15) is 0 Å². The number of imide groups is 1. The van der Waals surface area contributed by atoms with Crippen molar-refractivity contribution in [3.63, 3.8) is 0 Å². The molecule has 210 valence electrons. The first-order valence-electron chi connectivity index (χ1n) is 12.0. The van der Waals surface area contributed by atoms with Gasteiger partial charge in [-0.15, -0.1) is 0 Å². The van der Waals surface area contributed by atoms with Crippen molar-refractivity contribution in [3.05, 3.63) is 59.8 Å². The number of hydrogen-bond acceptors (Lipinski definition) is 9. The van der Waals surface area contributed by atoms with Gasteiger partial charge < -0.3 is 9.84 Å². The topological polar surface area (TPSA) is 144 Å². The summed E-state index contributed by atoms with van der Waals surface area (Å²) in [7, 11) is -3.83. The first kappa shape index (κ1) is 31.9. The van der Waals surface area contributed by atoms with Crippen LogP contribution in [0.5, 0.6) is 0 Å². The smallest absolute Gasteiger partial charge is 0.395 e. The Hall–Kier alpha value is -2.31. The average molecular weight is 570 g/mol. The molecular weight excluding hydrogens is 533 g/mol. The molecule has 0 fully saturated rings. The van der Waals surface area contributed by atoms with Crippen molar-refractivity contribution in [2.75, 3.05) is 25.6 Å². The number of benzene rings is 1. The number of amides is 3. The minimum atomic E-state index is -3.83. The molecule has 1 aliphatic rings. The van der Waals surface area contributed by atoms with E-state index in [1.165, 1.54) is 4.90 Å².